The first-order valence-electron chi connectivity index (χ1n) is 23.8. The van der Waals surface area contributed by atoms with E-state index in [0.29, 0.717) is 5.92 Å². The average Bonchev–Trinajstić information content (AvgIpc) is 3.71. The molecule has 1 fully saturated rings. The van der Waals surface area contributed by atoms with Gasteiger partial charge in [-0.3, -0.25) is 0 Å². The van der Waals surface area contributed by atoms with Gasteiger partial charge in [-0.2, -0.15) is 0 Å². The average molecular weight is 846 g/mol. The molecule has 12 rings (SSSR count). The van der Waals surface area contributed by atoms with Gasteiger partial charge in [0.25, 0.3) is 0 Å². The molecule has 66 heavy (non-hydrogen) atoms. The Labute approximate surface area is 389 Å². The van der Waals surface area contributed by atoms with Gasteiger partial charge in [-0.25, -0.2) is 0 Å². The third-order valence-electron chi connectivity index (χ3n) is 14.6. The summed E-state index contributed by atoms with van der Waals surface area (Å²) in [5.74, 6) is 0.579. The van der Waals surface area contributed by atoms with E-state index in [4.69, 9.17) is 0 Å². The van der Waals surface area contributed by atoms with E-state index in [0.717, 1.165) is 17.1 Å². The van der Waals surface area contributed by atoms with Crippen molar-refractivity contribution in [2.45, 2.75) is 43.4 Å². The lowest BCUT2D eigenvalue weighted by atomic mass is 9.67. The van der Waals surface area contributed by atoms with Gasteiger partial charge in [-0.15, -0.1) is 0 Å². The van der Waals surface area contributed by atoms with Gasteiger partial charge >= 0.3 is 0 Å². The van der Waals surface area contributed by atoms with Crippen molar-refractivity contribution in [3.8, 4) is 44.5 Å². The molecule has 0 atom stereocenters. The summed E-state index contributed by atoms with van der Waals surface area (Å²) in [6.45, 7) is 0. The van der Waals surface area contributed by atoms with Crippen LogP contribution in [0.1, 0.15) is 65.8 Å². The molecule has 10 aromatic rings. The number of para-hydroxylation sites is 2. The van der Waals surface area contributed by atoms with Gasteiger partial charge < -0.3 is 4.90 Å². The van der Waals surface area contributed by atoms with Crippen LogP contribution < -0.4 is 4.90 Å². The highest BCUT2D eigenvalue weighted by molar-refractivity contribution is 6.04. The number of hydrogen-bond acceptors (Lipinski definition) is 1. The minimum Gasteiger partial charge on any atom is -0.309 e. The zero-order valence-electron chi connectivity index (χ0n) is 37.2. The summed E-state index contributed by atoms with van der Waals surface area (Å²) in [5.41, 5.74) is 19.6. The SMILES string of the molecule is c1ccc(-c2ccccc2N(c2ccc(-c3cccc4c3-c3ccccc3C4(c3ccccc3)c3ccccc3)cc2)c2ccccc2-c2cccc3cccc(C4CCCCC4)c23)cc1. The Morgan fingerprint density at radius 1 is 0.348 bits per heavy atom. The van der Waals surface area contributed by atoms with Gasteiger partial charge in [0.1, 0.15) is 0 Å². The van der Waals surface area contributed by atoms with Crippen molar-refractivity contribution in [1.29, 1.82) is 0 Å². The van der Waals surface area contributed by atoms with Crippen LogP contribution >= 0.6 is 0 Å². The number of fused-ring (bicyclic) bond motifs is 4. The third-order valence-corrected chi connectivity index (χ3v) is 14.6. The smallest absolute Gasteiger partial charge is 0.0713 e. The summed E-state index contributed by atoms with van der Waals surface area (Å²) in [4.78, 5) is 2.50. The predicted octanol–water partition coefficient (Wildman–Crippen LogP) is 17.7. The maximum atomic E-state index is 2.50. The standard InChI is InChI=1S/C65H51N/c1-5-22-46(23-6-1)53-32-14-17-40-61(53)66(62-41-18-15-33-56(62)57-37-20-27-49-26-19-35-54(63(49)57)47-24-7-2-8-25-47)52-44-42-48(43-45-52)55-36-21-39-60-64(55)58-34-13-16-38-59(58)65(60,50-28-9-3-10-29-50)51-30-11-4-12-31-51/h1,3-6,9-23,26-45,47H,2,7-8,24-25H2. The molecule has 0 radical (unpaired) electrons. The monoisotopic (exact) mass is 845 g/mol. The molecule has 0 amide bonds. The number of hydrogen-bond donors (Lipinski definition) is 0. The van der Waals surface area contributed by atoms with Crippen LogP contribution in [-0.4, -0.2) is 0 Å². The molecular formula is C65H51N. The maximum absolute atomic E-state index is 2.50. The second kappa shape index (κ2) is 17.0. The van der Waals surface area contributed by atoms with Crippen molar-refractivity contribution in [2.75, 3.05) is 4.90 Å². The normalized spacial score (nSPS) is 14.1. The highest BCUT2D eigenvalue weighted by atomic mass is 15.1. The van der Waals surface area contributed by atoms with Crippen molar-refractivity contribution >= 4 is 27.8 Å². The number of anilines is 3. The van der Waals surface area contributed by atoms with Crippen molar-refractivity contribution in [3.05, 3.63) is 270 Å². The third kappa shape index (κ3) is 6.61. The number of rotatable bonds is 9. The predicted molar refractivity (Wildman–Crippen MR) is 278 cm³/mol. The molecule has 1 heteroatoms. The lowest BCUT2D eigenvalue weighted by Gasteiger charge is -2.34. The Kier molecular flexibility index (Phi) is 10.3. The van der Waals surface area contributed by atoms with Crippen molar-refractivity contribution in [1.82, 2.24) is 0 Å². The molecule has 1 saturated carbocycles. The zero-order valence-corrected chi connectivity index (χ0v) is 37.2. The zero-order chi connectivity index (χ0) is 43.9. The molecule has 0 bridgehead atoms. The van der Waals surface area contributed by atoms with Gasteiger partial charge in [0.2, 0.25) is 0 Å². The summed E-state index contributed by atoms with van der Waals surface area (Å²) in [6.07, 6.45) is 6.47. The van der Waals surface area contributed by atoms with E-state index in [1.807, 2.05) is 0 Å². The second-order valence-electron chi connectivity index (χ2n) is 18.1. The van der Waals surface area contributed by atoms with Crippen LogP contribution in [0.15, 0.2) is 243 Å². The molecule has 0 saturated heterocycles. The highest BCUT2D eigenvalue weighted by Gasteiger charge is 2.46. The largest absolute Gasteiger partial charge is 0.309 e. The Bertz CT molecular complexity index is 3280. The molecule has 0 unspecified atom stereocenters. The van der Waals surface area contributed by atoms with E-state index >= 15 is 0 Å². The van der Waals surface area contributed by atoms with E-state index in [1.54, 1.807) is 0 Å². The van der Waals surface area contributed by atoms with E-state index in [-0.39, 0.29) is 0 Å². The molecule has 316 valence electrons. The number of benzene rings is 10. The fourth-order valence-electron chi connectivity index (χ4n) is 11.7. The Morgan fingerprint density at radius 3 is 1.55 bits per heavy atom. The molecule has 0 spiro atoms. The molecule has 10 aromatic carbocycles. The first-order valence-corrected chi connectivity index (χ1v) is 23.8. The molecular weight excluding hydrogens is 795 g/mol. The molecule has 1 nitrogen and oxygen atoms in total. The Morgan fingerprint density at radius 2 is 0.848 bits per heavy atom. The van der Waals surface area contributed by atoms with Crippen LogP contribution in [0.25, 0.3) is 55.3 Å². The van der Waals surface area contributed by atoms with Crippen LogP contribution in [0.3, 0.4) is 0 Å². The molecule has 2 aliphatic rings. The summed E-state index contributed by atoms with van der Waals surface area (Å²) >= 11 is 0. The van der Waals surface area contributed by atoms with Crippen molar-refractivity contribution in [3.63, 3.8) is 0 Å². The van der Waals surface area contributed by atoms with Crippen molar-refractivity contribution < 1.29 is 0 Å². The van der Waals surface area contributed by atoms with Crippen LogP contribution in [-0.2, 0) is 5.41 Å². The molecule has 0 heterocycles. The van der Waals surface area contributed by atoms with Crippen LogP contribution in [0.5, 0.6) is 0 Å². The molecule has 0 aliphatic heterocycles. The van der Waals surface area contributed by atoms with E-state index in [9.17, 15) is 0 Å². The molecule has 2 aliphatic carbocycles. The lowest BCUT2D eigenvalue weighted by Crippen LogP contribution is -2.28. The fourth-order valence-corrected chi connectivity index (χ4v) is 11.7. The van der Waals surface area contributed by atoms with Gasteiger partial charge in [-0.1, -0.05) is 238 Å². The van der Waals surface area contributed by atoms with Gasteiger partial charge in [0.15, 0.2) is 0 Å². The Balaban J connectivity index is 1.05. The second-order valence-corrected chi connectivity index (χ2v) is 18.1. The van der Waals surface area contributed by atoms with Crippen molar-refractivity contribution in [2.24, 2.45) is 0 Å². The Hall–Kier alpha value is -7.74. The van der Waals surface area contributed by atoms with Gasteiger partial charge in [-0.05, 0) is 115 Å². The van der Waals surface area contributed by atoms with Gasteiger partial charge in [0, 0.05) is 16.8 Å². The van der Waals surface area contributed by atoms with Crippen LogP contribution in [0, 0.1) is 0 Å². The van der Waals surface area contributed by atoms with Gasteiger partial charge in [0.05, 0.1) is 16.8 Å². The number of nitrogens with zero attached hydrogens (tertiary/aromatic N) is 1. The quantitative estimate of drug-likeness (QED) is 0.140. The minimum atomic E-state index is -0.454. The summed E-state index contributed by atoms with van der Waals surface area (Å²) in [5, 5.41) is 2.71. The first-order chi connectivity index (χ1) is 32.8. The van der Waals surface area contributed by atoms with E-state index in [2.05, 4.69) is 248 Å². The summed E-state index contributed by atoms with van der Waals surface area (Å²) in [7, 11) is 0. The lowest BCUT2D eigenvalue weighted by molar-refractivity contribution is 0.445. The maximum Gasteiger partial charge on any atom is 0.0713 e. The fraction of sp³-hybridized carbons (Fsp3) is 0.108. The van der Waals surface area contributed by atoms with E-state index in [1.165, 1.54) is 115 Å². The van der Waals surface area contributed by atoms with Crippen LogP contribution in [0.2, 0.25) is 0 Å². The summed E-state index contributed by atoms with van der Waals surface area (Å²) < 4.78 is 0. The van der Waals surface area contributed by atoms with Crippen LogP contribution in [0.4, 0.5) is 17.1 Å². The first kappa shape index (κ1) is 39.8. The van der Waals surface area contributed by atoms with E-state index < -0.39 is 5.41 Å². The minimum absolute atomic E-state index is 0.454. The summed E-state index contributed by atoms with van der Waals surface area (Å²) in [6, 6.07) is 90.3. The molecule has 0 aromatic heterocycles. The topological polar surface area (TPSA) is 3.24 Å². The molecule has 0 N–H and O–H groups in total. The highest BCUT2D eigenvalue weighted by Crippen LogP contribution is 2.58.